The Morgan fingerprint density at radius 1 is 0.952 bits per heavy atom. The van der Waals surface area contributed by atoms with Crippen LogP contribution in [0, 0.1) is 0 Å². The molecule has 1 saturated carbocycles. The van der Waals surface area contributed by atoms with Gasteiger partial charge in [-0.15, -0.1) is 0 Å². The Bertz CT molecular complexity index is 434. The van der Waals surface area contributed by atoms with Crippen LogP contribution in [-0.4, -0.2) is 53.7 Å². The molecular weight excluding hydrogens is 260 g/mol. The number of hydrogen-bond donors (Lipinski definition) is 1. The van der Waals surface area contributed by atoms with E-state index in [0.29, 0.717) is 0 Å². The highest BCUT2D eigenvalue weighted by atomic mass is 16.3. The Kier molecular flexibility index (Phi) is 4.63. The van der Waals surface area contributed by atoms with E-state index in [2.05, 4.69) is 29.0 Å². The molecule has 0 aromatic heterocycles. The first kappa shape index (κ1) is 15.0. The normalized spacial score (nSPS) is 25.6. The van der Waals surface area contributed by atoms with Gasteiger partial charge in [0.25, 0.3) is 0 Å². The number of nitrogens with zero attached hydrogens (tertiary/aromatic N) is 2. The molecule has 3 heteroatoms. The summed E-state index contributed by atoms with van der Waals surface area (Å²) in [7, 11) is 2.19. The Morgan fingerprint density at radius 2 is 1.57 bits per heavy atom. The third kappa shape index (κ3) is 3.01. The summed E-state index contributed by atoms with van der Waals surface area (Å²) in [5.74, 6) is 0. The van der Waals surface area contributed by atoms with E-state index < -0.39 is 0 Å². The van der Waals surface area contributed by atoms with E-state index in [0.717, 1.165) is 44.6 Å². The molecule has 0 radical (unpaired) electrons. The lowest BCUT2D eigenvalue weighted by Gasteiger charge is -2.52. The van der Waals surface area contributed by atoms with Gasteiger partial charge in [-0.25, -0.2) is 0 Å². The van der Waals surface area contributed by atoms with Crippen molar-refractivity contribution in [3.05, 3.63) is 35.9 Å². The fourth-order valence-electron chi connectivity index (χ4n) is 4.12. The van der Waals surface area contributed by atoms with E-state index in [1.807, 2.05) is 18.2 Å². The van der Waals surface area contributed by atoms with Gasteiger partial charge in [-0.05, 0) is 25.5 Å². The SMILES string of the molecule is CN1CCN(C2([C@@H](O)c3ccccc3)CCCCC2)CC1. The number of rotatable bonds is 3. The van der Waals surface area contributed by atoms with Gasteiger partial charge in [0.2, 0.25) is 0 Å². The van der Waals surface area contributed by atoms with Gasteiger partial charge in [-0.3, -0.25) is 4.90 Å². The standard InChI is InChI=1S/C18H28N2O/c1-19-12-14-20(15-13-19)18(10-6-3-7-11-18)17(21)16-8-4-2-5-9-16/h2,4-5,8-9,17,21H,3,6-7,10-15H2,1H3/t17-/m0/s1. The molecule has 0 unspecified atom stereocenters. The van der Waals surface area contributed by atoms with Crippen molar-refractivity contribution in [1.29, 1.82) is 0 Å². The van der Waals surface area contributed by atoms with Gasteiger partial charge >= 0.3 is 0 Å². The van der Waals surface area contributed by atoms with Crippen molar-refractivity contribution in [2.45, 2.75) is 43.7 Å². The van der Waals surface area contributed by atoms with Crippen LogP contribution in [0.4, 0.5) is 0 Å². The number of piperazine rings is 1. The van der Waals surface area contributed by atoms with Crippen LogP contribution >= 0.6 is 0 Å². The molecule has 0 spiro atoms. The Labute approximate surface area is 128 Å². The number of likely N-dealkylation sites (N-methyl/N-ethyl adjacent to an activating group) is 1. The Balaban J connectivity index is 1.86. The molecule has 1 aliphatic carbocycles. The molecule has 3 nitrogen and oxygen atoms in total. The monoisotopic (exact) mass is 288 g/mol. The van der Waals surface area contributed by atoms with Crippen molar-refractivity contribution in [3.63, 3.8) is 0 Å². The van der Waals surface area contributed by atoms with Gasteiger partial charge in [0.05, 0.1) is 11.6 Å². The van der Waals surface area contributed by atoms with Gasteiger partial charge < -0.3 is 10.0 Å². The van der Waals surface area contributed by atoms with E-state index in [1.54, 1.807) is 0 Å². The molecular formula is C18H28N2O. The molecule has 1 aromatic rings. The van der Waals surface area contributed by atoms with E-state index >= 15 is 0 Å². The molecule has 1 aromatic carbocycles. The third-order valence-corrected chi connectivity index (χ3v) is 5.48. The van der Waals surface area contributed by atoms with E-state index in [4.69, 9.17) is 0 Å². The Morgan fingerprint density at radius 3 is 2.19 bits per heavy atom. The maximum absolute atomic E-state index is 11.2. The number of hydrogen-bond acceptors (Lipinski definition) is 3. The molecule has 1 heterocycles. The topological polar surface area (TPSA) is 26.7 Å². The molecule has 116 valence electrons. The quantitative estimate of drug-likeness (QED) is 0.926. The molecule has 0 bridgehead atoms. The van der Waals surface area contributed by atoms with E-state index in [1.165, 1.54) is 19.3 Å². The van der Waals surface area contributed by atoms with Gasteiger partial charge in [0.1, 0.15) is 0 Å². The summed E-state index contributed by atoms with van der Waals surface area (Å²) < 4.78 is 0. The molecule has 1 N–H and O–H groups in total. The fraction of sp³-hybridized carbons (Fsp3) is 0.667. The lowest BCUT2D eigenvalue weighted by Crippen LogP contribution is -2.59. The second kappa shape index (κ2) is 6.47. The van der Waals surface area contributed by atoms with Crippen LogP contribution in [0.5, 0.6) is 0 Å². The fourth-order valence-corrected chi connectivity index (χ4v) is 4.12. The minimum atomic E-state index is -0.359. The summed E-state index contributed by atoms with van der Waals surface area (Å²) in [6.45, 7) is 4.40. The molecule has 2 fully saturated rings. The highest BCUT2D eigenvalue weighted by Crippen LogP contribution is 2.43. The number of aliphatic hydroxyl groups is 1. The average molecular weight is 288 g/mol. The smallest absolute Gasteiger partial charge is 0.0973 e. The van der Waals surface area contributed by atoms with E-state index in [9.17, 15) is 5.11 Å². The predicted octanol–water partition coefficient (Wildman–Crippen LogP) is 2.67. The summed E-state index contributed by atoms with van der Waals surface area (Å²) in [6.07, 6.45) is 5.71. The Hall–Kier alpha value is -0.900. The maximum atomic E-state index is 11.2. The number of benzene rings is 1. The summed E-state index contributed by atoms with van der Waals surface area (Å²) in [4.78, 5) is 4.98. The van der Waals surface area contributed by atoms with Crippen LogP contribution in [0.2, 0.25) is 0 Å². The molecule has 0 amide bonds. The molecule has 21 heavy (non-hydrogen) atoms. The zero-order valence-corrected chi connectivity index (χ0v) is 13.2. The summed E-state index contributed by atoms with van der Waals surface area (Å²) >= 11 is 0. The first-order chi connectivity index (χ1) is 10.2. The first-order valence-electron chi connectivity index (χ1n) is 8.39. The van der Waals surface area contributed by atoms with Gasteiger partial charge in [-0.1, -0.05) is 49.6 Å². The lowest BCUT2D eigenvalue weighted by molar-refractivity contribution is -0.0736. The molecule has 3 rings (SSSR count). The van der Waals surface area contributed by atoms with Crippen molar-refractivity contribution in [1.82, 2.24) is 9.80 Å². The summed E-state index contributed by atoms with van der Waals surface area (Å²) in [5, 5.41) is 11.2. The average Bonchev–Trinajstić information content (AvgIpc) is 2.56. The predicted molar refractivity (Wildman–Crippen MR) is 86.3 cm³/mol. The molecule has 1 aliphatic heterocycles. The van der Waals surface area contributed by atoms with E-state index in [-0.39, 0.29) is 11.6 Å². The zero-order valence-electron chi connectivity index (χ0n) is 13.2. The van der Waals surface area contributed by atoms with Crippen LogP contribution in [0.15, 0.2) is 30.3 Å². The van der Waals surface area contributed by atoms with Crippen LogP contribution < -0.4 is 0 Å². The van der Waals surface area contributed by atoms with Gasteiger partial charge in [0.15, 0.2) is 0 Å². The van der Waals surface area contributed by atoms with Gasteiger partial charge in [0, 0.05) is 26.2 Å². The van der Waals surface area contributed by atoms with Crippen LogP contribution in [0.25, 0.3) is 0 Å². The zero-order chi connectivity index (χ0) is 14.7. The van der Waals surface area contributed by atoms with Crippen molar-refractivity contribution < 1.29 is 5.11 Å². The van der Waals surface area contributed by atoms with Crippen LogP contribution in [0.1, 0.15) is 43.8 Å². The lowest BCUT2D eigenvalue weighted by atomic mass is 9.73. The van der Waals surface area contributed by atoms with Crippen molar-refractivity contribution in [2.75, 3.05) is 33.2 Å². The number of aliphatic hydroxyl groups excluding tert-OH is 1. The van der Waals surface area contributed by atoms with Crippen LogP contribution in [-0.2, 0) is 0 Å². The van der Waals surface area contributed by atoms with Crippen molar-refractivity contribution in [2.24, 2.45) is 0 Å². The largest absolute Gasteiger partial charge is 0.386 e. The van der Waals surface area contributed by atoms with Crippen molar-refractivity contribution in [3.8, 4) is 0 Å². The highest BCUT2D eigenvalue weighted by Gasteiger charge is 2.45. The molecule has 1 saturated heterocycles. The maximum Gasteiger partial charge on any atom is 0.0973 e. The molecule has 1 atom stereocenters. The second-order valence-corrected chi connectivity index (χ2v) is 6.77. The minimum absolute atomic E-state index is 0.0408. The summed E-state index contributed by atoms with van der Waals surface area (Å²) in [6, 6.07) is 10.3. The highest BCUT2D eigenvalue weighted by molar-refractivity contribution is 5.22. The van der Waals surface area contributed by atoms with Crippen molar-refractivity contribution >= 4 is 0 Å². The third-order valence-electron chi connectivity index (χ3n) is 5.48. The van der Waals surface area contributed by atoms with Crippen LogP contribution in [0.3, 0.4) is 0 Å². The first-order valence-corrected chi connectivity index (χ1v) is 8.39. The second-order valence-electron chi connectivity index (χ2n) is 6.77. The van der Waals surface area contributed by atoms with Gasteiger partial charge in [-0.2, -0.15) is 0 Å². The minimum Gasteiger partial charge on any atom is -0.386 e. The summed E-state index contributed by atoms with van der Waals surface area (Å²) in [5.41, 5.74) is 1.04. The molecule has 2 aliphatic rings.